The van der Waals surface area contributed by atoms with E-state index in [9.17, 15) is 9.90 Å². The Morgan fingerprint density at radius 3 is 2.60 bits per heavy atom. The van der Waals surface area contributed by atoms with Crippen molar-refractivity contribution in [2.45, 2.75) is 16.7 Å². The standard InChI is InChI=1S/C16H12O2S2/c1-10(17)16-9-13-14(3-2-4-15(13)20-16)19-12-7-5-11(18)6-8-12/h2-9,18H,1H3. The van der Waals surface area contributed by atoms with E-state index in [1.54, 1.807) is 30.8 Å². The van der Waals surface area contributed by atoms with Gasteiger partial charge in [0.25, 0.3) is 0 Å². The van der Waals surface area contributed by atoms with E-state index in [0.717, 1.165) is 24.8 Å². The number of rotatable bonds is 3. The van der Waals surface area contributed by atoms with Crippen LogP contribution in [-0.2, 0) is 0 Å². The Morgan fingerprint density at radius 1 is 1.15 bits per heavy atom. The van der Waals surface area contributed by atoms with Gasteiger partial charge in [0.2, 0.25) is 0 Å². The number of fused-ring (bicyclic) bond motifs is 1. The van der Waals surface area contributed by atoms with Crippen molar-refractivity contribution >= 4 is 39.0 Å². The first-order chi connectivity index (χ1) is 9.63. The van der Waals surface area contributed by atoms with Crippen molar-refractivity contribution in [1.82, 2.24) is 0 Å². The van der Waals surface area contributed by atoms with Gasteiger partial charge in [0.1, 0.15) is 5.75 Å². The minimum atomic E-state index is 0.104. The number of phenols is 1. The van der Waals surface area contributed by atoms with Crippen molar-refractivity contribution in [3.63, 3.8) is 0 Å². The fourth-order valence-corrected chi connectivity index (χ4v) is 3.94. The molecule has 0 aliphatic rings. The minimum absolute atomic E-state index is 0.104. The smallest absolute Gasteiger partial charge is 0.169 e. The van der Waals surface area contributed by atoms with Crippen molar-refractivity contribution in [1.29, 1.82) is 0 Å². The van der Waals surface area contributed by atoms with Crippen LogP contribution in [0.25, 0.3) is 10.1 Å². The largest absolute Gasteiger partial charge is 0.508 e. The molecule has 100 valence electrons. The van der Waals surface area contributed by atoms with Crippen LogP contribution >= 0.6 is 23.1 Å². The maximum atomic E-state index is 11.5. The normalized spacial score (nSPS) is 10.8. The minimum Gasteiger partial charge on any atom is -0.508 e. The van der Waals surface area contributed by atoms with Crippen molar-refractivity contribution in [2.75, 3.05) is 0 Å². The third-order valence-corrected chi connectivity index (χ3v) is 5.22. The van der Waals surface area contributed by atoms with Crippen molar-refractivity contribution < 1.29 is 9.90 Å². The van der Waals surface area contributed by atoms with Gasteiger partial charge in [-0.2, -0.15) is 0 Å². The van der Waals surface area contributed by atoms with E-state index in [1.165, 1.54) is 11.3 Å². The molecular weight excluding hydrogens is 288 g/mol. The summed E-state index contributed by atoms with van der Waals surface area (Å²) in [4.78, 5) is 14.5. The van der Waals surface area contributed by atoms with Crippen LogP contribution in [0.3, 0.4) is 0 Å². The molecule has 3 rings (SSSR count). The molecule has 0 atom stereocenters. The highest BCUT2D eigenvalue weighted by Gasteiger charge is 2.10. The first-order valence-corrected chi connectivity index (χ1v) is 7.77. The average Bonchev–Trinajstić information content (AvgIpc) is 2.87. The predicted molar refractivity (Wildman–Crippen MR) is 84.1 cm³/mol. The van der Waals surface area contributed by atoms with Gasteiger partial charge in [0, 0.05) is 19.9 Å². The molecule has 20 heavy (non-hydrogen) atoms. The fourth-order valence-electron chi connectivity index (χ4n) is 1.94. The molecule has 0 aliphatic heterocycles. The number of benzene rings is 2. The fraction of sp³-hybridized carbons (Fsp3) is 0.0625. The molecule has 0 radical (unpaired) electrons. The van der Waals surface area contributed by atoms with Crippen LogP contribution in [-0.4, -0.2) is 10.9 Å². The Balaban J connectivity index is 2.02. The average molecular weight is 300 g/mol. The number of aromatic hydroxyl groups is 1. The summed E-state index contributed by atoms with van der Waals surface area (Å²) in [6.45, 7) is 1.59. The summed E-state index contributed by atoms with van der Waals surface area (Å²) in [5, 5.41) is 10.4. The lowest BCUT2D eigenvalue weighted by molar-refractivity contribution is 0.102. The molecule has 0 saturated carbocycles. The molecule has 0 fully saturated rings. The molecule has 0 amide bonds. The Hall–Kier alpha value is -1.78. The van der Waals surface area contributed by atoms with E-state index >= 15 is 0 Å². The van der Waals surface area contributed by atoms with Crippen LogP contribution in [0.15, 0.2) is 58.3 Å². The highest BCUT2D eigenvalue weighted by Crippen LogP contribution is 2.37. The second-order valence-corrected chi connectivity index (χ2v) is 6.63. The Labute approximate surface area is 125 Å². The van der Waals surface area contributed by atoms with E-state index < -0.39 is 0 Å². The molecule has 0 spiro atoms. The molecule has 0 saturated heterocycles. The summed E-state index contributed by atoms with van der Waals surface area (Å²) >= 11 is 3.16. The quantitative estimate of drug-likeness (QED) is 0.695. The van der Waals surface area contributed by atoms with Crippen LogP contribution in [0.2, 0.25) is 0 Å². The molecule has 1 N–H and O–H groups in total. The number of thiophene rings is 1. The van der Waals surface area contributed by atoms with Gasteiger partial charge in [-0.3, -0.25) is 4.79 Å². The number of Topliss-reactive ketones (excluding diaryl/α,β-unsaturated/α-hetero) is 1. The molecule has 1 aromatic heterocycles. The lowest BCUT2D eigenvalue weighted by Gasteiger charge is -2.03. The van der Waals surface area contributed by atoms with E-state index in [-0.39, 0.29) is 11.5 Å². The Morgan fingerprint density at radius 2 is 1.90 bits per heavy atom. The topological polar surface area (TPSA) is 37.3 Å². The maximum absolute atomic E-state index is 11.5. The number of carbonyl (C=O) groups excluding carboxylic acids is 1. The van der Waals surface area contributed by atoms with Crippen molar-refractivity contribution in [3.8, 4) is 5.75 Å². The zero-order valence-corrected chi connectivity index (χ0v) is 12.4. The molecule has 4 heteroatoms. The summed E-state index contributed by atoms with van der Waals surface area (Å²) in [7, 11) is 0. The van der Waals surface area contributed by atoms with E-state index in [1.807, 2.05) is 30.3 Å². The molecule has 0 aliphatic carbocycles. The van der Waals surface area contributed by atoms with E-state index in [2.05, 4.69) is 6.07 Å². The zero-order chi connectivity index (χ0) is 14.1. The summed E-state index contributed by atoms with van der Waals surface area (Å²) < 4.78 is 1.12. The third-order valence-electron chi connectivity index (χ3n) is 2.93. The van der Waals surface area contributed by atoms with Gasteiger partial charge in [-0.05, 0) is 49.4 Å². The number of hydrogen-bond acceptors (Lipinski definition) is 4. The predicted octanol–water partition coefficient (Wildman–Crippen LogP) is 4.96. The second kappa shape index (κ2) is 5.31. The van der Waals surface area contributed by atoms with Gasteiger partial charge in [-0.1, -0.05) is 17.8 Å². The van der Waals surface area contributed by atoms with Gasteiger partial charge >= 0.3 is 0 Å². The van der Waals surface area contributed by atoms with Gasteiger partial charge < -0.3 is 5.11 Å². The number of phenolic OH excluding ortho intramolecular Hbond substituents is 1. The summed E-state index contributed by atoms with van der Waals surface area (Å²) in [5.74, 6) is 0.369. The Bertz CT molecular complexity index is 773. The van der Waals surface area contributed by atoms with Gasteiger partial charge in [-0.25, -0.2) is 0 Å². The van der Waals surface area contributed by atoms with Crippen molar-refractivity contribution in [2.24, 2.45) is 0 Å². The molecule has 2 nitrogen and oxygen atoms in total. The maximum Gasteiger partial charge on any atom is 0.169 e. The van der Waals surface area contributed by atoms with Gasteiger partial charge in [-0.15, -0.1) is 11.3 Å². The first kappa shape index (κ1) is 13.2. The van der Waals surface area contributed by atoms with Crippen LogP contribution in [0.4, 0.5) is 0 Å². The van der Waals surface area contributed by atoms with Gasteiger partial charge in [0.05, 0.1) is 4.88 Å². The summed E-state index contributed by atoms with van der Waals surface area (Å²) in [5.41, 5.74) is 0. The highest BCUT2D eigenvalue weighted by atomic mass is 32.2. The van der Waals surface area contributed by atoms with Crippen LogP contribution in [0.5, 0.6) is 5.75 Å². The molecule has 0 bridgehead atoms. The number of ketones is 1. The zero-order valence-electron chi connectivity index (χ0n) is 10.8. The van der Waals surface area contributed by atoms with E-state index in [0.29, 0.717) is 0 Å². The van der Waals surface area contributed by atoms with Crippen LogP contribution < -0.4 is 0 Å². The molecule has 1 heterocycles. The molecular formula is C16H12O2S2. The summed E-state index contributed by atoms with van der Waals surface area (Å²) in [6, 6.07) is 15.2. The molecule has 2 aromatic carbocycles. The third kappa shape index (κ3) is 2.57. The van der Waals surface area contributed by atoms with E-state index in [4.69, 9.17) is 0 Å². The SMILES string of the molecule is CC(=O)c1cc2c(Sc3ccc(O)cc3)cccc2s1. The second-order valence-electron chi connectivity index (χ2n) is 4.43. The monoisotopic (exact) mass is 300 g/mol. The molecule has 0 unspecified atom stereocenters. The number of carbonyl (C=O) groups is 1. The lowest BCUT2D eigenvalue weighted by atomic mass is 10.2. The van der Waals surface area contributed by atoms with Crippen LogP contribution in [0.1, 0.15) is 16.6 Å². The number of hydrogen-bond donors (Lipinski definition) is 1. The summed E-state index contributed by atoms with van der Waals surface area (Å²) in [6.07, 6.45) is 0. The van der Waals surface area contributed by atoms with Crippen LogP contribution in [0, 0.1) is 0 Å². The van der Waals surface area contributed by atoms with Gasteiger partial charge in [0.15, 0.2) is 5.78 Å². The van der Waals surface area contributed by atoms with Crippen molar-refractivity contribution in [3.05, 3.63) is 53.4 Å². The lowest BCUT2D eigenvalue weighted by Crippen LogP contribution is -1.83. The molecule has 3 aromatic rings. The first-order valence-electron chi connectivity index (χ1n) is 6.14. The Kier molecular flexibility index (Phi) is 3.51. The highest BCUT2D eigenvalue weighted by molar-refractivity contribution is 7.99.